The summed E-state index contributed by atoms with van der Waals surface area (Å²) < 4.78 is 0. The van der Waals surface area contributed by atoms with Crippen LogP contribution in [0.3, 0.4) is 0 Å². The Hall–Kier alpha value is -0.120. The lowest BCUT2D eigenvalue weighted by atomic mass is 10.5. The Morgan fingerprint density at radius 2 is 2.22 bits per heavy atom. The van der Waals surface area contributed by atoms with Gasteiger partial charge in [-0.3, -0.25) is 4.84 Å². The molecule has 0 aliphatic carbocycles. The molecule has 1 unspecified atom stereocenters. The average molecular weight is 132 g/mol. The van der Waals surface area contributed by atoms with Gasteiger partial charge in [-0.1, -0.05) is 19.3 Å². The number of rotatable bonds is 5. The molecule has 55 valence electrons. The van der Waals surface area contributed by atoms with Crippen LogP contribution in [0.2, 0.25) is 0 Å². The van der Waals surface area contributed by atoms with E-state index in [9.17, 15) is 0 Å². The van der Waals surface area contributed by atoms with Crippen molar-refractivity contribution in [2.45, 2.75) is 33.0 Å². The second-order valence-corrected chi connectivity index (χ2v) is 1.82. The van der Waals surface area contributed by atoms with E-state index in [2.05, 4.69) is 10.3 Å². The van der Waals surface area contributed by atoms with Gasteiger partial charge in [0, 0.05) is 6.54 Å². The Morgan fingerprint density at radius 1 is 1.56 bits per heavy atom. The quantitative estimate of drug-likeness (QED) is 0.339. The fourth-order valence-corrected chi connectivity index (χ4v) is 0.305. The van der Waals surface area contributed by atoms with Crippen molar-refractivity contribution in [2.75, 3.05) is 6.54 Å². The Kier molecular flexibility index (Phi) is 5.93. The van der Waals surface area contributed by atoms with Gasteiger partial charge in [-0.2, -0.15) is 0 Å². The highest BCUT2D eigenvalue weighted by molar-refractivity contribution is 4.31. The Labute approximate surface area is 56.0 Å². The Morgan fingerprint density at radius 3 is 2.67 bits per heavy atom. The van der Waals surface area contributed by atoms with Crippen LogP contribution in [-0.4, -0.2) is 17.9 Å². The lowest BCUT2D eigenvalue weighted by molar-refractivity contribution is -0.151. The van der Waals surface area contributed by atoms with E-state index in [0.717, 1.165) is 6.42 Å². The molecule has 9 heavy (non-hydrogen) atoms. The van der Waals surface area contributed by atoms with Crippen molar-refractivity contribution in [3.63, 3.8) is 0 Å². The van der Waals surface area contributed by atoms with Gasteiger partial charge in [0.15, 0.2) is 6.29 Å². The molecule has 0 saturated carbocycles. The SMILES string of the molecule is CCC[N]OC(O)CC. The van der Waals surface area contributed by atoms with Gasteiger partial charge < -0.3 is 5.11 Å². The molecule has 0 aromatic carbocycles. The van der Waals surface area contributed by atoms with Crippen molar-refractivity contribution in [3.8, 4) is 0 Å². The van der Waals surface area contributed by atoms with Crippen LogP contribution in [0.15, 0.2) is 0 Å². The number of hydrogen-bond donors (Lipinski definition) is 1. The highest BCUT2D eigenvalue weighted by atomic mass is 16.7. The van der Waals surface area contributed by atoms with Crippen molar-refractivity contribution in [1.82, 2.24) is 5.48 Å². The number of hydrogen-bond acceptors (Lipinski definition) is 2. The van der Waals surface area contributed by atoms with Gasteiger partial charge in [-0.15, -0.1) is 0 Å². The van der Waals surface area contributed by atoms with Crippen molar-refractivity contribution >= 4 is 0 Å². The molecule has 0 aliphatic rings. The first-order valence-electron chi connectivity index (χ1n) is 3.32. The molecule has 0 amide bonds. The third-order valence-corrected chi connectivity index (χ3v) is 0.860. The largest absolute Gasteiger partial charge is 0.366 e. The summed E-state index contributed by atoms with van der Waals surface area (Å²) in [5, 5.41) is 8.77. The summed E-state index contributed by atoms with van der Waals surface area (Å²) in [5.41, 5.74) is 3.61. The van der Waals surface area contributed by atoms with E-state index in [1.807, 2.05) is 13.8 Å². The summed E-state index contributed by atoms with van der Waals surface area (Å²) in [4.78, 5) is 4.61. The molecule has 0 bridgehead atoms. The van der Waals surface area contributed by atoms with Gasteiger partial charge in [0.1, 0.15) is 0 Å². The van der Waals surface area contributed by atoms with Crippen molar-refractivity contribution in [2.24, 2.45) is 0 Å². The molecular weight excluding hydrogens is 118 g/mol. The second kappa shape index (κ2) is 6.01. The molecule has 0 aliphatic heterocycles. The minimum absolute atomic E-state index is 0.590. The van der Waals surface area contributed by atoms with Gasteiger partial charge in [-0.05, 0) is 12.8 Å². The Balaban J connectivity index is 2.88. The molecule has 0 spiro atoms. The summed E-state index contributed by atoms with van der Waals surface area (Å²) in [6, 6.07) is 0. The molecule has 1 atom stereocenters. The van der Waals surface area contributed by atoms with Gasteiger partial charge in [0.05, 0.1) is 0 Å². The van der Waals surface area contributed by atoms with E-state index in [-0.39, 0.29) is 0 Å². The number of aliphatic hydroxyl groups excluding tert-OH is 1. The molecule has 0 rings (SSSR count). The van der Waals surface area contributed by atoms with Crippen LogP contribution >= 0.6 is 0 Å². The van der Waals surface area contributed by atoms with E-state index in [0.29, 0.717) is 13.0 Å². The van der Waals surface area contributed by atoms with Crippen LogP contribution in [0, 0.1) is 0 Å². The topological polar surface area (TPSA) is 43.6 Å². The summed E-state index contributed by atoms with van der Waals surface area (Å²) in [6.45, 7) is 4.51. The molecule has 0 fully saturated rings. The third-order valence-electron chi connectivity index (χ3n) is 0.860. The van der Waals surface area contributed by atoms with Crippen molar-refractivity contribution in [1.29, 1.82) is 0 Å². The third kappa shape index (κ3) is 5.76. The monoisotopic (exact) mass is 132 g/mol. The lowest BCUT2D eigenvalue weighted by Gasteiger charge is -2.05. The maximum Gasteiger partial charge on any atom is 0.176 e. The Bertz CT molecular complexity index is 59.0. The first kappa shape index (κ1) is 8.88. The number of nitrogens with zero attached hydrogens (tertiary/aromatic N) is 1. The van der Waals surface area contributed by atoms with Crippen LogP contribution in [0.1, 0.15) is 26.7 Å². The number of hydroxylamine groups is 1. The molecule has 3 nitrogen and oxygen atoms in total. The van der Waals surface area contributed by atoms with Crippen LogP contribution in [0.25, 0.3) is 0 Å². The van der Waals surface area contributed by atoms with Gasteiger partial charge >= 0.3 is 0 Å². The highest BCUT2D eigenvalue weighted by Gasteiger charge is 1.98. The summed E-state index contributed by atoms with van der Waals surface area (Å²) in [5.74, 6) is 0. The summed E-state index contributed by atoms with van der Waals surface area (Å²) in [6.07, 6.45) is 0.834. The van der Waals surface area contributed by atoms with E-state index < -0.39 is 6.29 Å². The van der Waals surface area contributed by atoms with Gasteiger partial charge in [0.25, 0.3) is 0 Å². The molecular formula is C6H14NO2. The van der Waals surface area contributed by atoms with E-state index >= 15 is 0 Å². The molecule has 0 aromatic heterocycles. The zero-order valence-electron chi connectivity index (χ0n) is 6.00. The van der Waals surface area contributed by atoms with Crippen LogP contribution in [0.4, 0.5) is 0 Å². The lowest BCUT2D eigenvalue weighted by Crippen LogP contribution is -2.17. The van der Waals surface area contributed by atoms with E-state index in [4.69, 9.17) is 5.11 Å². The zero-order valence-corrected chi connectivity index (χ0v) is 6.00. The normalized spacial score (nSPS) is 13.7. The maximum atomic E-state index is 8.77. The van der Waals surface area contributed by atoms with Crippen molar-refractivity contribution < 1.29 is 9.94 Å². The van der Waals surface area contributed by atoms with Gasteiger partial charge in [-0.25, -0.2) is 0 Å². The summed E-state index contributed by atoms with van der Waals surface area (Å²) >= 11 is 0. The minimum Gasteiger partial charge on any atom is -0.366 e. The van der Waals surface area contributed by atoms with Crippen molar-refractivity contribution in [3.05, 3.63) is 0 Å². The predicted molar refractivity (Wildman–Crippen MR) is 34.7 cm³/mol. The zero-order chi connectivity index (χ0) is 7.11. The molecule has 3 heteroatoms. The predicted octanol–water partition coefficient (Wildman–Crippen LogP) is 0.661. The second-order valence-electron chi connectivity index (χ2n) is 1.82. The van der Waals surface area contributed by atoms with E-state index in [1.54, 1.807) is 0 Å². The molecule has 0 saturated heterocycles. The smallest absolute Gasteiger partial charge is 0.176 e. The van der Waals surface area contributed by atoms with Crippen LogP contribution < -0.4 is 5.48 Å². The first-order chi connectivity index (χ1) is 4.31. The van der Waals surface area contributed by atoms with E-state index in [1.165, 1.54) is 0 Å². The summed E-state index contributed by atoms with van der Waals surface area (Å²) in [7, 11) is 0. The first-order valence-corrected chi connectivity index (χ1v) is 3.32. The minimum atomic E-state index is -0.712. The van der Waals surface area contributed by atoms with Crippen LogP contribution in [-0.2, 0) is 4.84 Å². The average Bonchev–Trinajstić information content (AvgIpc) is 1.89. The molecule has 0 aromatic rings. The fraction of sp³-hybridized carbons (Fsp3) is 1.00. The highest BCUT2D eigenvalue weighted by Crippen LogP contribution is 1.89. The standard InChI is InChI=1S/C6H14NO2/c1-3-5-7-9-6(8)4-2/h6,8H,3-5H2,1-2H3. The molecule has 0 heterocycles. The van der Waals surface area contributed by atoms with Gasteiger partial charge in [0.2, 0.25) is 0 Å². The number of aliphatic hydroxyl groups is 1. The maximum absolute atomic E-state index is 8.77. The van der Waals surface area contributed by atoms with Crippen LogP contribution in [0.5, 0.6) is 0 Å². The fourth-order valence-electron chi connectivity index (χ4n) is 0.305. The molecule has 1 N–H and O–H groups in total. The molecule has 1 radical (unpaired) electrons.